The van der Waals surface area contributed by atoms with Gasteiger partial charge in [0.1, 0.15) is 0 Å². The fourth-order valence-electron chi connectivity index (χ4n) is 1.85. The van der Waals surface area contributed by atoms with Crippen molar-refractivity contribution in [3.05, 3.63) is 23.8 Å². The summed E-state index contributed by atoms with van der Waals surface area (Å²) in [5.41, 5.74) is 2.23. The van der Waals surface area contributed by atoms with Crippen molar-refractivity contribution < 1.29 is 4.79 Å². The van der Waals surface area contributed by atoms with Crippen molar-refractivity contribution in [2.75, 3.05) is 11.9 Å². The second kappa shape index (κ2) is 6.70. The maximum atomic E-state index is 11.7. The Morgan fingerprint density at radius 1 is 1.45 bits per heavy atom. The van der Waals surface area contributed by atoms with E-state index in [0.29, 0.717) is 13.0 Å². The molecular weight excluding hydrogens is 270 g/mol. The number of aryl methyl sites for hydroxylation is 1. The molecule has 0 fully saturated rings. The number of anilines is 1. The molecule has 1 amide bonds. The molecule has 0 saturated carbocycles. The number of aromatic nitrogens is 1. The molecule has 0 bridgehead atoms. The molecule has 108 valence electrons. The molecule has 2 aromatic rings. The van der Waals surface area contributed by atoms with E-state index in [9.17, 15) is 4.79 Å². The largest absolute Gasteiger partial charge is 0.361 e. The van der Waals surface area contributed by atoms with Crippen molar-refractivity contribution in [3.8, 4) is 0 Å². The van der Waals surface area contributed by atoms with Crippen LogP contribution in [-0.4, -0.2) is 23.5 Å². The molecule has 2 N–H and O–H groups in total. The lowest BCUT2D eigenvalue weighted by atomic mass is 10.2. The normalized spacial score (nSPS) is 12.3. The summed E-state index contributed by atoms with van der Waals surface area (Å²) < 4.78 is 1.17. The predicted octanol–water partition coefficient (Wildman–Crippen LogP) is 3.32. The van der Waals surface area contributed by atoms with E-state index in [0.717, 1.165) is 17.1 Å². The zero-order chi connectivity index (χ0) is 14.5. The minimum atomic E-state index is 0.0869. The van der Waals surface area contributed by atoms with Gasteiger partial charge in [-0.2, -0.15) is 0 Å². The van der Waals surface area contributed by atoms with E-state index in [1.807, 2.05) is 6.92 Å². The molecule has 1 aromatic heterocycles. The average Bonchev–Trinajstić information content (AvgIpc) is 2.80. The highest BCUT2D eigenvalue weighted by Crippen LogP contribution is 2.26. The zero-order valence-corrected chi connectivity index (χ0v) is 13.0. The van der Waals surface area contributed by atoms with Gasteiger partial charge in [0.05, 0.1) is 10.2 Å². The van der Waals surface area contributed by atoms with Crippen molar-refractivity contribution in [2.45, 2.75) is 39.7 Å². The van der Waals surface area contributed by atoms with Crippen LogP contribution >= 0.6 is 11.3 Å². The van der Waals surface area contributed by atoms with Crippen LogP contribution in [0.1, 0.15) is 32.3 Å². The first-order valence-corrected chi connectivity index (χ1v) is 7.80. The summed E-state index contributed by atoms with van der Waals surface area (Å²) in [6, 6.07) is 6.49. The summed E-state index contributed by atoms with van der Waals surface area (Å²) in [7, 11) is 0. The van der Waals surface area contributed by atoms with E-state index in [1.165, 1.54) is 10.3 Å². The molecular formula is C15H21N3OS. The SMILES string of the molecule is CCC(C)NC(=O)CCNc1nc2cc(C)ccc2s1. The summed E-state index contributed by atoms with van der Waals surface area (Å²) >= 11 is 1.62. The number of hydrogen-bond donors (Lipinski definition) is 2. The first-order chi connectivity index (χ1) is 9.58. The third-order valence-corrected chi connectivity index (χ3v) is 4.19. The molecule has 2 rings (SSSR count). The van der Waals surface area contributed by atoms with Crippen LogP contribution in [0.3, 0.4) is 0 Å². The van der Waals surface area contributed by atoms with Gasteiger partial charge < -0.3 is 10.6 Å². The smallest absolute Gasteiger partial charge is 0.221 e. The van der Waals surface area contributed by atoms with Gasteiger partial charge in [-0.25, -0.2) is 4.98 Å². The molecule has 20 heavy (non-hydrogen) atoms. The van der Waals surface area contributed by atoms with Gasteiger partial charge in [0.25, 0.3) is 0 Å². The Kier molecular flexibility index (Phi) is 4.95. The quantitative estimate of drug-likeness (QED) is 0.858. The third-order valence-electron chi connectivity index (χ3n) is 3.19. The van der Waals surface area contributed by atoms with Crippen LogP contribution < -0.4 is 10.6 Å². The topological polar surface area (TPSA) is 54.0 Å². The van der Waals surface area contributed by atoms with Gasteiger partial charge in [0.15, 0.2) is 5.13 Å². The zero-order valence-electron chi connectivity index (χ0n) is 12.2. The number of carbonyl (C=O) groups is 1. The van der Waals surface area contributed by atoms with E-state index in [-0.39, 0.29) is 11.9 Å². The summed E-state index contributed by atoms with van der Waals surface area (Å²) in [5.74, 6) is 0.0869. The van der Waals surface area contributed by atoms with E-state index in [2.05, 4.69) is 47.7 Å². The van der Waals surface area contributed by atoms with Crippen molar-refractivity contribution in [1.82, 2.24) is 10.3 Å². The molecule has 0 saturated heterocycles. The van der Waals surface area contributed by atoms with Crippen LogP contribution in [0.15, 0.2) is 18.2 Å². The van der Waals surface area contributed by atoms with E-state index in [1.54, 1.807) is 11.3 Å². The second-order valence-electron chi connectivity index (χ2n) is 5.04. The van der Waals surface area contributed by atoms with Crippen LogP contribution in [0.5, 0.6) is 0 Å². The van der Waals surface area contributed by atoms with Crippen LogP contribution in [0.25, 0.3) is 10.2 Å². The monoisotopic (exact) mass is 291 g/mol. The Hall–Kier alpha value is -1.62. The van der Waals surface area contributed by atoms with Gasteiger partial charge in [-0.05, 0) is 38.0 Å². The number of thiazole rings is 1. The molecule has 1 unspecified atom stereocenters. The summed E-state index contributed by atoms with van der Waals surface area (Å²) in [6.07, 6.45) is 1.43. The molecule has 5 heteroatoms. The minimum absolute atomic E-state index is 0.0869. The van der Waals surface area contributed by atoms with E-state index < -0.39 is 0 Å². The summed E-state index contributed by atoms with van der Waals surface area (Å²) in [4.78, 5) is 16.2. The lowest BCUT2D eigenvalue weighted by Gasteiger charge is -2.11. The van der Waals surface area contributed by atoms with Crippen LogP contribution in [0.2, 0.25) is 0 Å². The first-order valence-electron chi connectivity index (χ1n) is 6.99. The molecule has 4 nitrogen and oxygen atoms in total. The molecule has 0 aliphatic carbocycles. The number of carbonyl (C=O) groups excluding carboxylic acids is 1. The molecule has 0 spiro atoms. The van der Waals surface area contributed by atoms with Crippen molar-refractivity contribution in [3.63, 3.8) is 0 Å². The minimum Gasteiger partial charge on any atom is -0.361 e. The van der Waals surface area contributed by atoms with Gasteiger partial charge in [-0.3, -0.25) is 4.79 Å². The second-order valence-corrected chi connectivity index (χ2v) is 6.07. The Morgan fingerprint density at radius 3 is 3.00 bits per heavy atom. The summed E-state index contributed by atoms with van der Waals surface area (Å²) in [6.45, 7) is 6.75. The Balaban J connectivity index is 1.85. The van der Waals surface area contributed by atoms with Crippen LogP contribution in [0, 0.1) is 6.92 Å². The number of fused-ring (bicyclic) bond motifs is 1. The van der Waals surface area contributed by atoms with E-state index in [4.69, 9.17) is 0 Å². The highest BCUT2D eigenvalue weighted by atomic mass is 32.1. The molecule has 1 heterocycles. The van der Waals surface area contributed by atoms with Crippen molar-refractivity contribution in [1.29, 1.82) is 0 Å². The van der Waals surface area contributed by atoms with Crippen LogP contribution in [0.4, 0.5) is 5.13 Å². The van der Waals surface area contributed by atoms with E-state index >= 15 is 0 Å². The highest BCUT2D eigenvalue weighted by molar-refractivity contribution is 7.22. The standard InChI is InChI=1S/C15H21N3OS/c1-4-11(3)17-14(19)7-8-16-15-18-12-9-10(2)5-6-13(12)20-15/h5-6,9,11H,4,7-8H2,1-3H3,(H,16,18)(H,17,19). The molecule has 0 aliphatic rings. The van der Waals surface area contributed by atoms with Gasteiger partial charge in [0.2, 0.25) is 5.91 Å². The number of nitrogens with one attached hydrogen (secondary N) is 2. The lowest BCUT2D eigenvalue weighted by Crippen LogP contribution is -2.32. The van der Waals surface area contributed by atoms with Gasteiger partial charge in [-0.1, -0.05) is 24.3 Å². The third kappa shape index (κ3) is 3.93. The van der Waals surface area contributed by atoms with Crippen molar-refractivity contribution in [2.24, 2.45) is 0 Å². The van der Waals surface area contributed by atoms with Crippen LogP contribution in [-0.2, 0) is 4.79 Å². The van der Waals surface area contributed by atoms with Gasteiger partial charge >= 0.3 is 0 Å². The maximum absolute atomic E-state index is 11.7. The molecule has 0 radical (unpaired) electrons. The average molecular weight is 291 g/mol. The van der Waals surface area contributed by atoms with Crippen molar-refractivity contribution >= 4 is 32.6 Å². The first kappa shape index (κ1) is 14.8. The molecule has 1 atom stereocenters. The summed E-state index contributed by atoms with van der Waals surface area (Å²) in [5, 5.41) is 7.05. The molecule has 0 aliphatic heterocycles. The maximum Gasteiger partial charge on any atom is 0.221 e. The highest BCUT2D eigenvalue weighted by Gasteiger charge is 2.07. The fourth-order valence-corrected chi connectivity index (χ4v) is 2.72. The predicted molar refractivity (Wildman–Crippen MR) is 85.4 cm³/mol. The lowest BCUT2D eigenvalue weighted by molar-refractivity contribution is -0.121. The number of hydrogen-bond acceptors (Lipinski definition) is 4. The number of rotatable bonds is 6. The van der Waals surface area contributed by atoms with Gasteiger partial charge in [-0.15, -0.1) is 0 Å². The number of benzene rings is 1. The van der Waals surface area contributed by atoms with Gasteiger partial charge in [0, 0.05) is 19.0 Å². The Bertz CT molecular complexity index is 594. The Morgan fingerprint density at radius 2 is 2.25 bits per heavy atom. The molecule has 1 aromatic carbocycles. The number of nitrogens with zero attached hydrogens (tertiary/aromatic N) is 1. The fraction of sp³-hybridized carbons (Fsp3) is 0.467. The number of amides is 1. The Labute approximate surface area is 123 Å².